The summed E-state index contributed by atoms with van der Waals surface area (Å²) in [4.78, 5) is 4.21. The van der Waals surface area contributed by atoms with Crippen LogP contribution in [-0.2, 0) is 6.42 Å². The minimum atomic E-state index is -1.04. The molecular formula is C12H14ClN3O2. The molecule has 1 aromatic carbocycles. The number of nitrogens with zero attached hydrogens (tertiary/aromatic N) is 2. The van der Waals surface area contributed by atoms with Crippen LogP contribution in [0.5, 0.6) is 0 Å². The Hall–Kier alpha value is -1.43. The minimum absolute atomic E-state index is 0.131. The van der Waals surface area contributed by atoms with Gasteiger partial charge in [0.1, 0.15) is 0 Å². The lowest BCUT2D eigenvalue weighted by molar-refractivity contribution is 0.0610. The molecule has 0 fully saturated rings. The van der Waals surface area contributed by atoms with Crippen molar-refractivity contribution >= 4 is 11.6 Å². The molecule has 0 radical (unpaired) electrons. The van der Waals surface area contributed by atoms with E-state index in [1.54, 1.807) is 31.2 Å². The smallest absolute Gasteiger partial charge is 0.229 e. The van der Waals surface area contributed by atoms with Crippen LogP contribution in [0.15, 0.2) is 28.8 Å². The molecule has 18 heavy (non-hydrogen) atoms. The van der Waals surface area contributed by atoms with Crippen LogP contribution in [-0.4, -0.2) is 27.4 Å². The zero-order chi connectivity index (χ0) is 13.2. The third-order valence-corrected chi connectivity index (χ3v) is 2.79. The first-order chi connectivity index (χ1) is 8.50. The molecule has 0 saturated heterocycles. The van der Waals surface area contributed by atoms with Crippen molar-refractivity contribution in [2.24, 2.45) is 5.73 Å². The second kappa shape index (κ2) is 5.06. The summed E-state index contributed by atoms with van der Waals surface area (Å²) in [5.74, 6) is 0.824. The molecule has 2 rings (SSSR count). The van der Waals surface area contributed by atoms with E-state index in [1.165, 1.54) is 0 Å². The third-order valence-electron chi connectivity index (χ3n) is 2.54. The molecule has 0 aliphatic rings. The molecule has 1 aromatic heterocycles. The molecule has 6 heteroatoms. The van der Waals surface area contributed by atoms with Crippen molar-refractivity contribution in [2.75, 3.05) is 6.54 Å². The standard InChI is InChI=1S/C12H14ClN3O2/c1-12(17,7-14)6-10-15-11(16-18-10)8-2-4-9(13)5-3-8/h2-5,17H,6-7,14H2,1H3. The van der Waals surface area contributed by atoms with Gasteiger partial charge < -0.3 is 15.4 Å². The molecule has 0 aliphatic carbocycles. The molecule has 96 valence electrons. The van der Waals surface area contributed by atoms with Gasteiger partial charge >= 0.3 is 0 Å². The van der Waals surface area contributed by atoms with E-state index < -0.39 is 5.60 Å². The summed E-state index contributed by atoms with van der Waals surface area (Å²) < 4.78 is 5.08. The topological polar surface area (TPSA) is 85.2 Å². The van der Waals surface area contributed by atoms with E-state index in [1.807, 2.05) is 0 Å². The molecule has 0 amide bonds. The zero-order valence-electron chi connectivity index (χ0n) is 9.93. The summed E-state index contributed by atoms with van der Waals surface area (Å²) in [6.45, 7) is 1.75. The third kappa shape index (κ3) is 3.07. The van der Waals surface area contributed by atoms with Crippen molar-refractivity contribution in [3.05, 3.63) is 35.2 Å². The van der Waals surface area contributed by atoms with Crippen molar-refractivity contribution in [3.8, 4) is 11.4 Å². The largest absolute Gasteiger partial charge is 0.388 e. The van der Waals surface area contributed by atoms with E-state index in [2.05, 4.69) is 10.1 Å². The highest BCUT2D eigenvalue weighted by atomic mass is 35.5. The number of nitrogens with two attached hydrogens (primary N) is 1. The van der Waals surface area contributed by atoms with E-state index in [4.69, 9.17) is 21.9 Å². The lowest BCUT2D eigenvalue weighted by atomic mass is 10.0. The minimum Gasteiger partial charge on any atom is -0.388 e. The Morgan fingerprint density at radius 2 is 2.06 bits per heavy atom. The molecule has 0 aliphatic heterocycles. The summed E-state index contributed by atoms with van der Waals surface area (Å²) >= 11 is 5.80. The van der Waals surface area contributed by atoms with Gasteiger partial charge in [-0.3, -0.25) is 0 Å². The van der Waals surface area contributed by atoms with Gasteiger partial charge in [0, 0.05) is 17.1 Å². The van der Waals surface area contributed by atoms with E-state index in [9.17, 15) is 5.11 Å². The summed E-state index contributed by atoms with van der Waals surface area (Å²) in [5, 5.41) is 14.3. The fourth-order valence-corrected chi connectivity index (χ4v) is 1.57. The van der Waals surface area contributed by atoms with Crippen molar-refractivity contribution < 1.29 is 9.63 Å². The predicted octanol–water partition coefficient (Wildman–Crippen LogP) is 1.64. The summed E-state index contributed by atoms with van der Waals surface area (Å²) in [6.07, 6.45) is 0.226. The fourth-order valence-electron chi connectivity index (χ4n) is 1.44. The van der Waals surface area contributed by atoms with Crippen LogP contribution in [0.3, 0.4) is 0 Å². The van der Waals surface area contributed by atoms with Crippen LogP contribution in [0.25, 0.3) is 11.4 Å². The van der Waals surface area contributed by atoms with E-state index >= 15 is 0 Å². The highest BCUT2D eigenvalue weighted by Gasteiger charge is 2.22. The highest BCUT2D eigenvalue weighted by molar-refractivity contribution is 6.30. The average molecular weight is 268 g/mol. The highest BCUT2D eigenvalue weighted by Crippen LogP contribution is 2.20. The van der Waals surface area contributed by atoms with Gasteiger partial charge in [0.25, 0.3) is 0 Å². The molecule has 5 nitrogen and oxygen atoms in total. The van der Waals surface area contributed by atoms with E-state index in [0.717, 1.165) is 5.56 Å². The Morgan fingerprint density at radius 3 is 2.67 bits per heavy atom. The maximum atomic E-state index is 9.82. The summed E-state index contributed by atoms with van der Waals surface area (Å²) in [5.41, 5.74) is 5.20. The molecule has 3 N–H and O–H groups in total. The second-order valence-corrected chi connectivity index (χ2v) is 4.83. The first-order valence-corrected chi connectivity index (χ1v) is 5.89. The SMILES string of the molecule is CC(O)(CN)Cc1nc(-c2ccc(Cl)cc2)no1. The van der Waals surface area contributed by atoms with Gasteiger partial charge in [0.05, 0.1) is 12.0 Å². The van der Waals surface area contributed by atoms with Crippen molar-refractivity contribution in [1.29, 1.82) is 0 Å². The Kier molecular flexibility index (Phi) is 3.65. The molecular weight excluding hydrogens is 254 g/mol. The van der Waals surface area contributed by atoms with Crippen LogP contribution in [0.4, 0.5) is 0 Å². The number of hydrogen-bond donors (Lipinski definition) is 2. The van der Waals surface area contributed by atoms with Gasteiger partial charge in [-0.05, 0) is 31.2 Å². The van der Waals surface area contributed by atoms with Gasteiger partial charge in [-0.25, -0.2) is 0 Å². The molecule has 1 unspecified atom stereocenters. The maximum absolute atomic E-state index is 9.82. The van der Waals surface area contributed by atoms with Crippen molar-refractivity contribution in [1.82, 2.24) is 10.1 Å². The monoisotopic (exact) mass is 267 g/mol. The van der Waals surface area contributed by atoms with Gasteiger partial charge in [-0.2, -0.15) is 4.98 Å². The number of hydrogen-bond acceptors (Lipinski definition) is 5. The quantitative estimate of drug-likeness (QED) is 0.880. The average Bonchev–Trinajstić information content (AvgIpc) is 2.78. The van der Waals surface area contributed by atoms with Crippen molar-refractivity contribution in [2.45, 2.75) is 18.9 Å². The van der Waals surface area contributed by atoms with Crippen LogP contribution in [0.1, 0.15) is 12.8 Å². The lowest BCUT2D eigenvalue weighted by Crippen LogP contribution is -2.36. The lowest BCUT2D eigenvalue weighted by Gasteiger charge is -2.17. The molecule has 1 heterocycles. The van der Waals surface area contributed by atoms with Crippen LogP contribution in [0, 0.1) is 0 Å². The van der Waals surface area contributed by atoms with E-state index in [0.29, 0.717) is 16.7 Å². The van der Waals surface area contributed by atoms with Gasteiger partial charge in [-0.1, -0.05) is 16.8 Å². The van der Waals surface area contributed by atoms with Crippen molar-refractivity contribution in [3.63, 3.8) is 0 Å². The van der Waals surface area contributed by atoms with Gasteiger partial charge in [-0.15, -0.1) is 0 Å². The predicted molar refractivity (Wildman–Crippen MR) is 68.1 cm³/mol. The number of benzene rings is 1. The number of halogens is 1. The Morgan fingerprint density at radius 1 is 1.39 bits per heavy atom. The molecule has 1 atom stereocenters. The second-order valence-electron chi connectivity index (χ2n) is 4.40. The van der Waals surface area contributed by atoms with Crippen LogP contribution in [0.2, 0.25) is 5.02 Å². The number of aromatic nitrogens is 2. The first kappa shape index (κ1) is 13.0. The van der Waals surface area contributed by atoms with Crippen LogP contribution >= 0.6 is 11.6 Å². The summed E-state index contributed by atoms with van der Waals surface area (Å²) in [7, 11) is 0. The fraction of sp³-hybridized carbons (Fsp3) is 0.333. The molecule has 0 spiro atoms. The van der Waals surface area contributed by atoms with Crippen LogP contribution < -0.4 is 5.73 Å². The number of rotatable bonds is 4. The molecule has 0 bridgehead atoms. The van der Waals surface area contributed by atoms with Gasteiger partial charge in [0.15, 0.2) is 0 Å². The van der Waals surface area contributed by atoms with E-state index in [-0.39, 0.29) is 13.0 Å². The molecule has 0 saturated carbocycles. The van der Waals surface area contributed by atoms with Gasteiger partial charge in [0.2, 0.25) is 11.7 Å². The number of aliphatic hydroxyl groups is 1. The Bertz CT molecular complexity index is 522. The Labute approximate surface area is 110 Å². The first-order valence-electron chi connectivity index (χ1n) is 5.51. The summed E-state index contributed by atoms with van der Waals surface area (Å²) in [6, 6.07) is 7.11. The maximum Gasteiger partial charge on any atom is 0.229 e. The molecule has 2 aromatic rings. The Balaban J connectivity index is 2.18. The normalized spacial score (nSPS) is 14.4. The zero-order valence-corrected chi connectivity index (χ0v) is 10.7.